The number of fused-ring (bicyclic) bond motifs is 1. The molecular formula is C23H33N5O. The number of amides is 1. The average molecular weight is 396 g/mol. The van der Waals surface area contributed by atoms with Crippen molar-refractivity contribution in [2.24, 2.45) is 0 Å². The van der Waals surface area contributed by atoms with Crippen LogP contribution in [0.5, 0.6) is 0 Å². The first kappa shape index (κ1) is 20.1. The van der Waals surface area contributed by atoms with Crippen molar-refractivity contribution >= 4 is 11.7 Å². The van der Waals surface area contributed by atoms with Gasteiger partial charge in [-0.25, -0.2) is 0 Å². The summed E-state index contributed by atoms with van der Waals surface area (Å²) in [6.07, 6.45) is 0.487. The Balaban J connectivity index is 1.70. The minimum absolute atomic E-state index is 0.0591. The topological polar surface area (TPSA) is 53.4 Å². The van der Waals surface area contributed by atoms with E-state index >= 15 is 0 Å². The number of aryl methyl sites for hydroxylation is 3. The Morgan fingerprint density at radius 1 is 1.10 bits per heavy atom. The van der Waals surface area contributed by atoms with Gasteiger partial charge in [-0.1, -0.05) is 12.1 Å². The lowest BCUT2D eigenvalue weighted by Crippen LogP contribution is -2.44. The van der Waals surface area contributed by atoms with Gasteiger partial charge < -0.3 is 10.2 Å². The average Bonchev–Trinajstić information content (AvgIpc) is 3.00. The van der Waals surface area contributed by atoms with E-state index in [2.05, 4.69) is 67.1 Å². The molecule has 156 valence electrons. The molecule has 0 aliphatic carbocycles. The number of likely N-dealkylation sites (N-methyl/N-ethyl adjacent to an activating group) is 1. The third kappa shape index (κ3) is 3.83. The molecule has 2 aliphatic rings. The maximum absolute atomic E-state index is 12.5. The summed E-state index contributed by atoms with van der Waals surface area (Å²) in [5.74, 6) is 0.876. The number of carbonyl (C=O) groups excluding carboxylic acids is 1. The molecule has 1 N–H and O–H groups in total. The Morgan fingerprint density at radius 3 is 2.52 bits per heavy atom. The Labute approximate surface area is 173 Å². The molecule has 0 bridgehead atoms. The van der Waals surface area contributed by atoms with Gasteiger partial charge in [0.1, 0.15) is 0 Å². The zero-order chi connectivity index (χ0) is 20.7. The fraction of sp³-hybridized carbons (Fsp3) is 0.565. The summed E-state index contributed by atoms with van der Waals surface area (Å²) >= 11 is 0. The van der Waals surface area contributed by atoms with Crippen LogP contribution in [0.1, 0.15) is 52.8 Å². The zero-order valence-electron chi connectivity index (χ0n) is 18.4. The molecule has 1 unspecified atom stereocenters. The van der Waals surface area contributed by atoms with E-state index in [0.29, 0.717) is 6.42 Å². The number of piperazine rings is 1. The van der Waals surface area contributed by atoms with Crippen molar-refractivity contribution in [3.05, 3.63) is 45.6 Å². The van der Waals surface area contributed by atoms with Crippen molar-refractivity contribution in [1.82, 2.24) is 19.6 Å². The Kier molecular flexibility index (Phi) is 5.49. The van der Waals surface area contributed by atoms with Gasteiger partial charge in [0, 0.05) is 62.9 Å². The first-order valence-corrected chi connectivity index (χ1v) is 10.8. The fourth-order valence-corrected chi connectivity index (χ4v) is 4.82. The molecule has 1 fully saturated rings. The van der Waals surface area contributed by atoms with Gasteiger partial charge >= 0.3 is 0 Å². The van der Waals surface area contributed by atoms with Crippen LogP contribution in [0, 0.1) is 20.8 Å². The Hall–Kier alpha value is -2.18. The van der Waals surface area contributed by atoms with Gasteiger partial charge in [-0.3, -0.25) is 14.4 Å². The molecule has 2 aromatic rings. The molecule has 6 nitrogen and oxygen atoms in total. The number of benzene rings is 1. The third-order valence-corrected chi connectivity index (χ3v) is 6.64. The molecule has 1 atom stereocenters. The molecular weight excluding hydrogens is 362 g/mol. The highest BCUT2D eigenvalue weighted by Gasteiger charge is 2.33. The smallest absolute Gasteiger partial charge is 0.226 e. The molecule has 29 heavy (non-hydrogen) atoms. The highest BCUT2D eigenvalue weighted by Crippen LogP contribution is 2.40. The van der Waals surface area contributed by atoms with Crippen LogP contribution in [-0.2, 0) is 17.9 Å². The van der Waals surface area contributed by atoms with Gasteiger partial charge in [-0.15, -0.1) is 0 Å². The number of anilines is 1. The maximum atomic E-state index is 12.5. The van der Waals surface area contributed by atoms with E-state index in [0.717, 1.165) is 50.8 Å². The standard InChI is InChI=1S/C23H33N5O/c1-6-28-17(4)22-20(13-21(29)24-23(22)25-28)19-12-18(15(2)11-16(19)3)14-27-9-7-26(5)8-10-27/h11-12,20H,6-10,13-14H2,1-5H3,(H,24,25,29). The summed E-state index contributed by atoms with van der Waals surface area (Å²) in [7, 11) is 2.19. The lowest BCUT2D eigenvalue weighted by molar-refractivity contribution is -0.116. The van der Waals surface area contributed by atoms with Crippen molar-refractivity contribution in [2.45, 2.75) is 53.1 Å². The quantitative estimate of drug-likeness (QED) is 0.865. The minimum Gasteiger partial charge on any atom is -0.309 e. The summed E-state index contributed by atoms with van der Waals surface area (Å²) in [5.41, 5.74) is 7.60. The van der Waals surface area contributed by atoms with Crippen molar-refractivity contribution < 1.29 is 4.79 Å². The first-order valence-electron chi connectivity index (χ1n) is 10.8. The van der Waals surface area contributed by atoms with Crippen LogP contribution in [-0.4, -0.2) is 58.7 Å². The number of aromatic nitrogens is 2. The predicted octanol–water partition coefficient (Wildman–Crippen LogP) is 3.05. The van der Waals surface area contributed by atoms with Gasteiger partial charge in [0.15, 0.2) is 5.82 Å². The number of nitrogens with zero attached hydrogens (tertiary/aromatic N) is 4. The van der Waals surface area contributed by atoms with E-state index < -0.39 is 0 Å². The second-order valence-electron chi connectivity index (χ2n) is 8.68. The van der Waals surface area contributed by atoms with Gasteiger partial charge in [-0.05, 0) is 57.0 Å². The SMILES string of the molecule is CCn1nc2c(c1C)C(c1cc(CN3CCN(C)CC3)c(C)cc1C)CC(=O)N2. The summed E-state index contributed by atoms with van der Waals surface area (Å²) in [5, 5.41) is 7.62. The summed E-state index contributed by atoms with van der Waals surface area (Å²) in [4.78, 5) is 17.4. The number of carbonyl (C=O) groups is 1. The van der Waals surface area contributed by atoms with Crippen LogP contribution in [0.3, 0.4) is 0 Å². The van der Waals surface area contributed by atoms with E-state index in [1.807, 2.05) is 4.68 Å². The van der Waals surface area contributed by atoms with Gasteiger partial charge in [-0.2, -0.15) is 5.10 Å². The van der Waals surface area contributed by atoms with Crippen LogP contribution in [0.15, 0.2) is 12.1 Å². The maximum Gasteiger partial charge on any atom is 0.226 e. The van der Waals surface area contributed by atoms with E-state index in [-0.39, 0.29) is 11.8 Å². The number of hydrogen-bond acceptors (Lipinski definition) is 4. The first-order chi connectivity index (χ1) is 13.9. The molecule has 3 heterocycles. The largest absolute Gasteiger partial charge is 0.309 e. The highest BCUT2D eigenvalue weighted by molar-refractivity contribution is 5.94. The van der Waals surface area contributed by atoms with Crippen molar-refractivity contribution in [3.63, 3.8) is 0 Å². The lowest BCUT2D eigenvalue weighted by Gasteiger charge is -2.33. The molecule has 0 spiro atoms. The summed E-state index contributed by atoms with van der Waals surface area (Å²) in [6.45, 7) is 14.8. The van der Waals surface area contributed by atoms with E-state index in [1.165, 1.54) is 27.8 Å². The van der Waals surface area contributed by atoms with E-state index in [1.54, 1.807) is 0 Å². The normalized spacial score (nSPS) is 20.6. The fourth-order valence-electron chi connectivity index (χ4n) is 4.82. The Morgan fingerprint density at radius 2 is 1.83 bits per heavy atom. The van der Waals surface area contributed by atoms with Gasteiger partial charge in [0.05, 0.1) is 0 Å². The molecule has 6 heteroatoms. The van der Waals surface area contributed by atoms with E-state index in [4.69, 9.17) is 0 Å². The van der Waals surface area contributed by atoms with E-state index in [9.17, 15) is 4.79 Å². The highest BCUT2D eigenvalue weighted by atomic mass is 16.1. The van der Waals surface area contributed by atoms with Crippen LogP contribution in [0.25, 0.3) is 0 Å². The number of rotatable bonds is 4. The second-order valence-corrected chi connectivity index (χ2v) is 8.68. The molecule has 1 aromatic carbocycles. The zero-order valence-corrected chi connectivity index (χ0v) is 18.4. The van der Waals surface area contributed by atoms with Gasteiger partial charge in [0.2, 0.25) is 5.91 Å². The number of hydrogen-bond donors (Lipinski definition) is 1. The van der Waals surface area contributed by atoms with Crippen LogP contribution >= 0.6 is 0 Å². The molecule has 0 radical (unpaired) electrons. The summed E-state index contributed by atoms with van der Waals surface area (Å²) in [6, 6.07) is 4.66. The van der Waals surface area contributed by atoms with Crippen molar-refractivity contribution in [1.29, 1.82) is 0 Å². The lowest BCUT2D eigenvalue weighted by atomic mass is 9.82. The second kappa shape index (κ2) is 7.92. The van der Waals surface area contributed by atoms with Crippen LogP contribution in [0.2, 0.25) is 0 Å². The van der Waals surface area contributed by atoms with Crippen molar-refractivity contribution in [3.8, 4) is 0 Å². The third-order valence-electron chi connectivity index (χ3n) is 6.64. The van der Waals surface area contributed by atoms with Gasteiger partial charge in [0.25, 0.3) is 0 Å². The minimum atomic E-state index is 0.0591. The van der Waals surface area contributed by atoms with Crippen molar-refractivity contribution in [2.75, 3.05) is 38.5 Å². The molecule has 1 aromatic heterocycles. The Bertz CT molecular complexity index is 924. The van der Waals surface area contributed by atoms with Crippen LogP contribution < -0.4 is 5.32 Å². The predicted molar refractivity (Wildman–Crippen MR) is 116 cm³/mol. The molecule has 1 amide bonds. The molecule has 1 saturated heterocycles. The van der Waals surface area contributed by atoms with Crippen LogP contribution in [0.4, 0.5) is 5.82 Å². The number of nitrogens with one attached hydrogen (secondary N) is 1. The summed E-state index contributed by atoms with van der Waals surface area (Å²) < 4.78 is 2.00. The molecule has 4 rings (SSSR count). The molecule has 2 aliphatic heterocycles. The molecule has 0 saturated carbocycles. The monoisotopic (exact) mass is 395 g/mol.